The van der Waals surface area contributed by atoms with Gasteiger partial charge in [-0.3, -0.25) is 0 Å². The van der Waals surface area contributed by atoms with Crippen LogP contribution in [0.4, 0.5) is 13.2 Å². The minimum absolute atomic E-state index is 0.0825. The van der Waals surface area contributed by atoms with E-state index in [9.17, 15) is 22.8 Å². The van der Waals surface area contributed by atoms with Crippen molar-refractivity contribution in [2.45, 2.75) is 6.18 Å². The van der Waals surface area contributed by atoms with E-state index in [-0.39, 0.29) is 5.75 Å². The highest BCUT2D eigenvalue weighted by atomic mass is 19.4. The van der Waals surface area contributed by atoms with Gasteiger partial charge >= 0.3 is 18.1 Å². The molecule has 0 aromatic heterocycles. The summed E-state index contributed by atoms with van der Waals surface area (Å²) in [4.78, 5) is 22.2. The van der Waals surface area contributed by atoms with E-state index in [2.05, 4.69) is 16.1 Å². The number of esters is 2. The molecule has 0 amide bonds. The van der Waals surface area contributed by atoms with Crippen LogP contribution in [-0.4, -0.2) is 24.7 Å². The van der Waals surface area contributed by atoms with Crippen LogP contribution in [0.5, 0.6) is 5.75 Å². The van der Waals surface area contributed by atoms with Crippen molar-refractivity contribution < 1.29 is 32.2 Å². The molecule has 4 nitrogen and oxygen atoms in total. The lowest BCUT2D eigenvalue weighted by Crippen LogP contribution is -2.26. The lowest BCUT2D eigenvalue weighted by molar-refractivity contribution is -0.163. The lowest BCUT2D eigenvalue weighted by atomic mass is 10.3. The summed E-state index contributed by atoms with van der Waals surface area (Å²) in [5.74, 6) is -2.84. The molecule has 0 bridgehead atoms. The number of benzene rings is 1. The summed E-state index contributed by atoms with van der Waals surface area (Å²) in [6.07, 6.45) is -4.68. The van der Waals surface area contributed by atoms with Crippen molar-refractivity contribution in [2.24, 2.45) is 0 Å². The molecule has 1 aromatic rings. The van der Waals surface area contributed by atoms with Gasteiger partial charge in [0.25, 0.3) is 0 Å². The van der Waals surface area contributed by atoms with E-state index in [1.165, 1.54) is 12.1 Å². The Morgan fingerprint density at radius 2 is 1.68 bits per heavy atom. The molecule has 0 unspecified atom stereocenters. The maximum absolute atomic E-state index is 12.0. The smallest absolute Gasteiger partial charge is 0.422 e. The van der Waals surface area contributed by atoms with Crippen molar-refractivity contribution in [2.75, 3.05) is 6.61 Å². The fourth-order valence-corrected chi connectivity index (χ4v) is 0.931. The summed E-state index contributed by atoms with van der Waals surface area (Å²) >= 11 is 0. The van der Waals surface area contributed by atoms with Crippen molar-refractivity contribution in [3.8, 4) is 5.75 Å². The van der Waals surface area contributed by atoms with Gasteiger partial charge < -0.3 is 9.47 Å². The molecule has 19 heavy (non-hydrogen) atoms. The second-order valence-corrected chi connectivity index (χ2v) is 3.38. The van der Waals surface area contributed by atoms with E-state index < -0.39 is 30.3 Å². The Morgan fingerprint density at radius 3 is 2.21 bits per heavy atom. The standard InChI is InChI=1S/C12H9F3O4/c1-8(12(13,14)15)7-18-10(16)11(17)19-9-5-3-2-4-6-9/h2-6H,1,7H2. The molecule has 0 aliphatic heterocycles. The van der Waals surface area contributed by atoms with E-state index in [4.69, 9.17) is 0 Å². The first kappa shape index (κ1) is 14.7. The highest BCUT2D eigenvalue weighted by Crippen LogP contribution is 2.23. The van der Waals surface area contributed by atoms with E-state index in [1.54, 1.807) is 18.2 Å². The van der Waals surface area contributed by atoms with Gasteiger partial charge in [-0.25, -0.2) is 9.59 Å². The number of rotatable bonds is 3. The fourth-order valence-electron chi connectivity index (χ4n) is 0.931. The van der Waals surface area contributed by atoms with E-state index in [0.29, 0.717) is 0 Å². The van der Waals surface area contributed by atoms with Crippen LogP contribution < -0.4 is 4.74 Å². The van der Waals surface area contributed by atoms with Gasteiger partial charge in [-0.1, -0.05) is 24.8 Å². The van der Waals surface area contributed by atoms with Gasteiger partial charge in [-0.15, -0.1) is 0 Å². The molecule has 0 N–H and O–H groups in total. The molecule has 0 aliphatic carbocycles. The highest BCUT2D eigenvalue weighted by molar-refractivity contribution is 6.30. The minimum atomic E-state index is -4.68. The van der Waals surface area contributed by atoms with E-state index in [1.807, 2.05) is 0 Å². The Kier molecular flexibility index (Phi) is 4.68. The molecule has 7 heteroatoms. The average Bonchev–Trinajstić information content (AvgIpc) is 2.35. The molecule has 0 radical (unpaired) electrons. The van der Waals surface area contributed by atoms with Crippen LogP contribution in [0.25, 0.3) is 0 Å². The average molecular weight is 274 g/mol. The Balaban J connectivity index is 2.46. The van der Waals surface area contributed by atoms with Gasteiger partial charge in [0.15, 0.2) is 0 Å². The fraction of sp³-hybridized carbons (Fsp3) is 0.167. The first-order valence-corrected chi connectivity index (χ1v) is 4.99. The van der Waals surface area contributed by atoms with Crippen molar-refractivity contribution in [3.05, 3.63) is 42.5 Å². The summed E-state index contributed by atoms with van der Waals surface area (Å²) in [6.45, 7) is 1.57. The zero-order valence-corrected chi connectivity index (χ0v) is 9.57. The van der Waals surface area contributed by atoms with Crippen molar-refractivity contribution in [3.63, 3.8) is 0 Å². The van der Waals surface area contributed by atoms with Crippen molar-refractivity contribution in [1.29, 1.82) is 0 Å². The topological polar surface area (TPSA) is 52.6 Å². The first-order chi connectivity index (χ1) is 8.80. The van der Waals surface area contributed by atoms with Crippen LogP contribution in [0.15, 0.2) is 42.5 Å². The lowest BCUT2D eigenvalue weighted by Gasteiger charge is -2.10. The van der Waals surface area contributed by atoms with Crippen molar-refractivity contribution in [1.82, 2.24) is 0 Å². The normalized spacial score (nSPS) is 10.7. The summed E-state index contributed by atoms with van der Waals surface area (Å²) < 4.78 is 44.8. The summed E-state index contributed by atoms with van der Waals surface area (Å²) in [7, 11) is 0. The van der Waals surface area contributed by atoms with Crippen LogP contribution in [0.2, 0.25) is 0 Å². The van der Waals surface area contributed by atoms with Crippen LogP contribution >= 0.6 is 0 Å². The molecule has 0 saturated heterocycles. The monoisotopic (exact) mass is 274 g/mol. The van der Waals surface area contributed by atoms with Gasteiger partial charge in [0.05, 0.1) is 5.57 Å². The number of ether oxygens (including phenoxy) is 2. The number of hydrogen-bond acceptors (Lipinski definition) is 4. The predicted molar refractivity (Wildman–Crippen MR) is 58.2 cm³/mol. The largest absolute Gasteiger partial charge is 0.452 e. The third-order valence-electron chi connectivity index (χ3n) is 1.90. The zero-order chi connectivity index (χ0) is 14.5. The third-order valence-corrected chi connectivity index (χ3v) is 1.90. The molecule has 102 valence electrons. The molecule has 0 atom stereocenters. The number of para-hydroxylation sites is 1. The van der Waals surface area contributed by atoms with E-state index >= 15 is 0 Å². The highest BCUT2D eigenvalue weighted by Gasteiger charge is 2.33. The van der Waals surface area contributed by atoms with Gasteiger partial charge in [0.2, 0.25) is 0 Å². The number of alkyl halides is 3. The van der Waals surface area contributed by atoms with E-state index in [0.717, 1.165) is 0 Å². The summed E-state index contributed by atoms with van der Waals surface area (Å²) in [5, 5.41) is 0. The maximum atomic E-state index is 12.0. The predicted octanol–water partition coefficient (Wildman–Crippen LogP) is 2.25. The summed E-state index contributed by atoms with van der Waals surface area (Å²) in [5.41, 5.74) is -1.27. The van der Waals surface area contributed by atoms with Gasteiger partial charge in [-0.2, -0.15) is 13.2 Å². The Morgan fingerprint density at radius 1 is 1.11 bits per heavy atom. The molecule has 0 fully saturated rings. The first-order valence-electron chi connectivity index (χ1n) is 4.99. The van der Waals surface area contributed by atoms with Crippen molar-refractivity contribution >= 4 is 11.9 Å². The van der Waals surface area contributed by atoms with Crippen LogP contribution in [-0.2, 0) is 14.3 Å². The zero-order valence-electron chi connectivity index (χ0n) is 9.57. The summed E-state index contributed by atoms with van der Waals surface area (Å²) in [6, 6.07) is 7.57. The second-order valence-electron chi connectivity index (χ2n) is 3.38. The van der Waals surface area contributed by atoms with Crippen LogP contribution in [0.1, 0.15) is 0 Å². The molecule has 0 heterocycles. The molecule has 0 spiro atoms. The van der Waals surface area contributed by atoms with Crippen LogP contribution in [0.3, 0.4) is 0 Å². The molecule has 0 saturated carbocycles. The van der Waals surface area contributed by atoms with Gasteiger partial charge in [0, 0.05) is 0 Å². The van der Waals surface area contributed by atoms with Gasteiger partial charge in [-0.05, 0) is 12.1 Å². The van der Waals surface area contributed by atoms with Gasteiger partial charge in [0.1, 0.15) is 12.4 Å². The maximum Gasteiger partial charge on any atom is 0.422 e. The Labute approximate surface area is 106 Å². The number of halogens is 3. The molecular weight excluding hydrogens is 265 g/mol. The number of carbonyl (C=O) groups is 2. The number of carbonyl (C=O) groups excluding carboxylic acids is 2. The minimum Gasteiger partial charge on any atom is -0.452 e. The molecule has 1 rings (SSSR count). The third kappa shape index (κ3) is 4.82. The molecular formula is C12H9F3O4. The number of hydrogen-bond donors (Lipinski definition) is 0. The Hall–Kier alpha value is -2.31. The second kappa shape index (κ2) is 6.03. The molecule has 1 aromatic carbocycles. The van der Waals surface area contributed by atoms with Crippen LogP contribution in [0, 0.1) is 0 Å². The molecule has 0 aliphatic rings. The Bertz CT molecular complexity index is 479. The quantitative estimate of drug-likeness (QED) is 0.367. The SMILES string of the molecule is C=C(COC(=O)C(=O)Oc1ccccc1)C(F)(F)F.